The van der Waals surface area contributed by atoms with E-state index in [0.717, 1.165) is 23.3 Å². The first-order valence-electron chi connectivity index (χ1n) is 5.69. The van der Waals surface area contributed by atoms with Gasteiger partial charge in [0.1, 0.15) is 5.84 Å². The predicted molar refractivity (Wildman–Crippen MR) is 69.1 cm³/mol. The molecule has 90 valence electrons. The van der Waals surface area contributed by atoms with Gasteiger partial charge in [-0.25, -0.2) is 0 Å². The zero-order valence-corrected chi connectivity index (χ0v) is 10.2. The van der Waals surface area contributed by atoms with E-state index in [2.05, 4.69) is 29.3 Å². The van der Waals surface area contributed by atoms with E-state index in [-0.39, 0.29) is 5.92 Å². The molecular formula is C13H17N3O. The van der Waals surface area contributed by atoms with Gasteiger partial charge in [0, 0.05) is 19.4 Å². The number of amidine groups is 1. The zero-order valence-electron chi connectivity index (χ0n) is 10.2. The number of rotatable bonds is 3. The molecule has 0 saturated heterocycles. The molecule has 0 aromatic heterocycles. The second-order valence-electron chi connectivity index (χ2n) is 4.31. The van der Waals surface area contributed by atoms with Crippen LogP contribution >= 0.6 is 0 Å². The summed E-state index contributed by atoms with van der Waals surface area (Å²) in [4.78, 5) is 0. The number of nitrogens with zero attached hydrogens (tertiary/aromatic N) is 2. The van der Waals surface area contributed by atoms with Gasteiger partial charge in [0.05, 0.1) is 12.3 Å². The van der Waals surface area contributed by atoms with E-state index in [1.54, 1.807) is 7.11 Å². The van der Waals surface area contributed by atoms with Gasteiger partial charge in [0.25, 0.3) is 0 Å². The van der Waals surface area contributed by atoms with Gasteiger partial charge in [-0.2, -0.15) is 5.10 Å². The summed E-state index contributed by atoms with van der Waals surface area (Å²) in [5, 5.41) is 8.14. The van der Waals surface area contributed by atoms with Gasteiger partial charge >= 0.3 is 0 Å². The van der Waals surface area contributed by atoms with Crippen LogP contribution in [0.3, 0.4) is 0 Å². The van der Waals surface area contributed by atoms with Crippen LogP contribution in [0.4, 0.5) is 0 Å². The first-order valence-corrected chi connectivity index (χ1v) is 5.69. The molecule has 1 unspecified atom stereocenters. The molecule has 0 spiro atoms. The molecule has 0 aliphatic carbocycles. The lowest BCUT2D eigenvalue weighted by molar-refractivity contribution is 0.185. The lowest BCUT2D eigenvalue weighted by Gasteiger charge is -2.16. The number of methoxy groups -OCH3 is 1. The summed E-state index contributed by atoms with van der Waals surface area (Å²) in [5.74, 6) is 0.880. The molecule has 2 rings (SSSR count). The number of nitrogens with two attached hydrogens (primary N) is 1. The lowest BCUT2D eigenvalue weighted by atomic mass is 9.97. The molecule has 1 heterocycles. The van der Waals surface area contributed by atoms with E-state index in [9.17, 15) is 0 Å². The summed E-state index contributed by atoms with van der Waals surface area (Å²) in [6.45, 7) is 2.70. The van der Waals surface area contributed by atoms with Crippen molar-refractivity contribution in [3.8, 4) is 0 Å². The summed E-state index contributed by atoms with van der Waals surface area (Å²) in [6, 6.07) is 8.20. The highest BCUT2D eigenvalue weighted by Gasteiger charge is 2.16. The summed E-state index contributed by atoms with van der Waals surface area (Å²) < 4.78 is 5.08. The Morgan fingerprint density at radius 3 is 2.59 bits per heavy atom. The largest absolute Gasteiger partial charge is 0.385 e. The maximum atomic E-state index is 5.71. The van der Waals surface area contributed by atoms with Crippen LogP contribution in [0, 0.1) is 5.92 Å². The van der Waals surface area contributed by atoms with E-state index in [0.29, 0.717) is 12.4 Å². The van der Waals surface area contributed by atoms with Crippen LogP contribution in [0.2, 0.25) is 0 Å². The molecule has 1 aliphatic rings. The van der Waals surface area contributed by atoms with Crippen LogP contribution in [0.25, 0.3) is 0 Å². The van der Waals surface area contributed by atoms with Gasteiger partial charge in [0.2, 0.25) is 0 Å². The average molecular weight is 231 g/mol. The minimum atomic E-state index is 0.265. The van der Waals surface area contributed by atoms with Crippen molar-refractivity contribution < 1.29 is 4.74 Å². The van der Waals surface area contributed by atoms with Crippen molar-refractivity contribution in [2.24, 2.45) is 21.9 Å². The first kappa shape index (κ1) is 11.8. The molecule has 17 heavy (non-hydrogen) atoms. The van der Waals surface area contributed by atoms with Gasteiger partial charge < -0.3 is 10.5 Å². The molecule has 2 N–H and O–H groups in total. The number of hydrogen-bond acceptors (Lipinski definition) is 4. The molecule has 0 bridgehead atoms. The Labute approximate surface area is 101 Å². The van der Waals surface area contributed by atoms with Gasteiger partial charge in [0.15, 0.2) is 0 Å². The van der Waals surface area contributed by atoms with Gasteiger partial charge in [-0.15, -0.1) is 5.10 Å². The smallest absolute Gasteiger partial charge is 0.125 e. The standard InChI is InChI=1S/C13H17N3O/c1-9-7-12(15-16-13(9)14)11-5-3-10(4-6-11)8-17-2/h3-6,9H,7-8H2,1-2H3,(H2,14,16). The fourth-order valence-corrected chi connectivity index (χ4v) is 1.79. The molecule has 1 atom stereocenters. The maximum absolute atomic E-state index is 5.71. The lowest BCUT2D eigenvalue weighted by Crippen LogP contribution is -2.26. The molecule has 1 aromatic carbocycles. The normalized spacial score (nSPS) is 19.8. The molecule has 0 fully saturated rings. The van der Waals surface area contributed by atoms with Crippen LogP contribution in [0.15, 0.2) is 34.5 Å². The number of ether oxygens (including phenoxy) is 1. The molecule has 1 aliphatic heterocycles. The molecule has 0 radical (unpaired) electrons. The molecule has 0 saturated carbocycles. The molecular weight excluding hydrogens is 214 g/mol. The third kappa shape index (κ3) is 2.71. The van der Waals surface area contributed by atoms with Crippen molar-refractivity contribution in [3.63, 3.8) is 0 Å². The van der Waals surface area contributed by atoms with Crippen molar-refractivity contribution in [2.45, 2.75) is 20.0 Å². The van der Waals surface area contributed by atoms with E-state index in [1.165, 1.54) is 0 Å². The topological polar surface area (TPSA) is 60.0 Å². The average Bonchev–Trinajstić information content (AvgIpc) is 2.34. The van der Waals surface area contributed by atoms with E-state index < -0.39 is 0 Å². The summed E-state index contributed by atoms with van der Waals surface area (Å²) in [7, 11) is 1.69. The second-order valence-corrected chi connectivity index (χ2v) is 4.31. The van der Waals surface area contributed by atoms with Crippen molar-refractivity contribution in [1.82, 2.24) is 0 Å². The Hall–Kier alpha value is -1.68. The zero-order chi connectivity index (χ0) is 12.3. The van der Waals surface area contributed by atoms with Gasteiger partial charge in [-0.1, -0.05) is 31.2 Å². The fraction of sp³-hybridized carbons (Fsp3) is 0.385. The van der Waals surface area contributed by atoms with Gasteiger partial charge in [-0.3, -0.25) is 0 Å². The van der Waals surface area contributed by atoms with E-state index >= 15 is 0 Å². The van der Waals surface area contributed by atoms with Crippen molar-refractivity contribution in [3.05, 3.63) is 35.4 Å². The van der Waals surface area contributed by atoms with Gasteiger partial charge in [-0.05, 0) is 11.1 Å². The predicted octanol–water partition coefficient (Wildman–Crippen LogP) is 1.93. The molecule has 0 amide bonds. The van der Waals surface area contributed by atoms with Crippen LogP contribution in [-0.4, -0.2) is 18.7 Å². The highest BCUT2D eigenvalue weighted by Crippen LogP contribution is 2.16. The maximum Gasteiger partial charge on any atom is 0.125 e. The monoisotopic (exact) mass is 231 g/mol. The second kappa shape index (κ2) is 5.10. The van der Waals surface area contributed by atoms with Crippen LogP contribution in [0.1, 0.15) is 24.5 Å². The van der Waals surface area contributed by atoms with Crippen LogP contribution in [0.5, 0.6) is 0 Å². The summed E-state index contributed by atoms with van der Waals surface area (Å²) in [6.07, 6.45) is 0.846. The Bertz CT molecular complexity index is 448. The quantitative estimate of drug-likeness (QED) is 0.864. The summed E-state index contributed by atoms with van der Waals surface area (Å²) in [5.41, 5.74) is 8.97. The van der Waals surface area contributed by atoms with Crippen molar-refractivity contribution >= 4 is 11.5 Å². The third-order valence-corrected chi connectivity index (χ3v) is 2.89. The Morgan fingerprint density at radius 2 is 2.00 bits per heavy atom. The molecule has 4 nitrogen and oxygen atoms in total. The third-order valence-electron chi connectivity index (χ3n) is 2.89. The van der Waals surface area contributed by atoms with Crippen LogP contribution < -0.4 is 5.73 Å². The Morgan fingerprint density at radius 1 is 1.29 bits per heavy atom. The number of benzene rings is 1. The van der Waals surface area contributed by atoms with Crippen molar-refractivity contribution in [1.29, 1.82) is 0 Å². The number of hydrogen-bond donors (Lipinski definition) is 1. The highest BCUT2D eigenvalue weighted by molar-refractivity contribution is 6.04. The Balaban J connectivity index is 2.18. The Kier molecular flexibility index (Phi) is 3.54. The van der Waals surface area contributed by atoms with Crippen LogP contribution in [-0.2, 0) is 11.3 Å². The highest BCUT2D eigenvalue weighted by atomic mass is 16.5. The minimum absolute atomic E-state index is 0.265. The van der Waals surface area contributed by atoms with Crippen molar-refractivity contribution in [2.75, 3.05) is 7.11 Å². The van der Waals surface area contributed by atoms with E-state index in [1.807, 2.05) is 12.1 Å². The minimum Gasteiger partial charge on any atom is -0.385 e. The molecule has 4 heteroatoms. The first-order chi connectivity index (χ1) is 8.20. The van der Waals surface area contributed by atoms with E-state index in [4.69, 9.17) is 10.5 Å². The SMILES string of the molecule is COCc1ccc(C2=NN=C(N)C(C)C2)cc1. The summed E-state index contributed by atoms with van der Waals surface area (Å²) >= 11 is 0. The fourth-order valence-electron chi connectivity index (χ4n) is 1.79. The molecule has 1 aromatic rings.